The van der Waals surface area contributed by atoms with E-state index >= 15 is 0 Å². The molecule has 0 atom stereocenters. The molecule has 0 fully saturated rings. The molecule has 8 nitrogen and oxygen atoms in total. The minimum atomic E-state index is -0.618. The van der Waals surface area contributed by atoms with Crippen molar-refractivity contribution in [2.75, 3.05) is 12.0 Å². The van der Waals surface area contributed by atoms with Crippen molar-refractivity contribution < 1.29 is 24.0 Å². The summed E-state index contributed by atoms with van der Waals surface area (Å²) in [5, 5.41) is 10.8. The predicted molar refractivity (Wildman–Crippen MR) is 86.8 cm³/mol. The Morgan fingerprint density at radius 3 is 2.36 bits per heavy atom. The third kappa shape index (κ3) is 2.53. The topological polar surface area (TPSA) is 107 Å². The van der Waals surface area contributed by atoms with Crippen LogP contribution in [0.25, 0.3) is 0 Å². The SMILES string of the molecule is COC(=O)c1ccc2c(c1)C(=O)N(c1ccc([N+](=O)[O-])cc1C)C2=O. The molecule has 1 aliphatic heterocycles. The maximum absolute atomic E-state index is 12.7. The zero-order chi connectivity index (χ0) is 18.3. The number of hydrogen-bond donors (Lipinski definition) is 0. The molecule has 0 aliphatic carbocycles. The second-order valence-corrected chi connectivity index (χ2v) is 5.43. The fourth-order valence-electron chi connectivity index (χ4n) is 2.71. The van der Waals surface area contributed by atoms with Gasteiger partial charge in [0.1, 0.15) is 0 Å². The molecular weight excluding hydrogens is 328 g/mol. The second kappa shape index (κ2) is 5.82. The number of methoxy groups -OCH3 is 1. The van der Waals surface area contributed by atoms with Crippen LogP contribution in [0.5, 0.6) is 0 Å². The molecule has 1 heterocycles. The van der Waals surface area contributed by atoms with Crippen LogP contribution in [0.4, 0.5) is 11.4 Å². The van der Waals surface area contributed by atoms with Gasteiger partial charge in [-0.1, -0.05) is 0 Å². The quantitative estimate of drug-likeness (QED) is 0.368. The van der Waals surface area contributed by atoms with Crippen LogP contribution in [0.1, 0.15) is 36.6 Å². The minimum absolute atomic E-state index is 0.0886. The molecule has 2 aromatic rings. The summed E-state index contributed by atoms with van der Waals surface area (Å²) in [5.74, 6) is -1.76. The third-order valence-electron chi connectivity index (χ3n) is 3.94. The highest BCUT2D eigenvalue weighted by Gasteiger charge is 2.38. The zero-order valence-corrected chi connectivity index (χ0v) is 13.3. The Morgan fingerprint density at radius 2 is 1.76 bits per heavy atom. The summed E-state index contributed by atoms with van der Waals surface area (Å²) in [6.45, 7) is 1.58. The maximum atomic E-state index is 12.7. The Kier molecular flexibility index (Phi) is 3.80. The average molecular weight is 340 g/mol. The number of rotatable bonds is 3. The maximum Gasteiger partial charge on any atom is 0.337 e. The van der Waals surface area contributed by atoms with E-state index in [2.05, 4.69) is 4.74 Å². The van der Waals surface area contributed by atoms with E-state index in [1.807, 2.05) is 0 Å². The largest absolute Gasteiger partial charge is 0.465 e. The normalized spacial score (nSPS) is 13.0. The first-order valence-electron chi connectivity index (χ1n) is 7.21. The van der Waals surface area contributed by atoms with Crippen molar-refractivity contribution in [2.24, 2.45) is 0 Å². The van der Waals surface area contributed by atoms with Crippen LogP contribution >= 0.6 is 0 Å². The van der Waals surface area contributed by atoms with Crippen molar-refractivity contribution >= 4 is 29.2 Å². The summed E-state index contributed by atoms with van der Waals surface area (Å²) in [5.41, 5.74) is 0.949. The highest BCUT2D eigenvalue weighted by Crippen LogP contribution is 2.32. The molecule has 2 aromatic carbocycles. The van der Waals surface area contributed by atoms with Crippen molar-refractivity contribution in [3.8, 4) is 0 Å². The van der Waals surface area contributed by atoms with Crippen molar-refractivity contribution in [1.29, 1.82) is 0 Å². The molecule has 8 heteroatoms. The molecule has 126 valence electrons. The first-order valence-corrected chi connectivity index (χ1v) is 7.21. The highest BCUT2D eigenvalue weighted by atomic mass is 16.6. The number of benzene rings is 2. The molecule has 2 amide bonds. The number of esters is 1. The molecular formula is C17H12N2O6. The zero-order valence-electron chi connectivity index (χ0n) is 13.3. The number of aryl methyl sites for hydroxylation is 1. The number of ether oxygens (including phenoxy) is 1. The summed E-state index contributed by atoms with van der Waals surface area (Å²) >= 11 is 0. The number of hydrogen-bond acceptors (Lipinski definition) is 6. The van der Waals surface area contributed by atoms with E-state index < -0.39 is 22.7 Å². The van der Waals surface area contributed by atoms with Gasteiger partial charge in [0, 0.05) is 12.1 Å². The second-order valence-electron chi connectivity index (χ2n) is 5.43. The van der Waals surface area contributed by atoms with Gasteiger partial charge in [0.05, 0.1) is 34.4 Å². The number of anilines is 1. The minimum Gasteiger partial charge on any atom is -0.465 e. The summed E-state index contributed by atoms with van der Waals surface area (Å²) in [6.07, 6.45) is 0. The van der Waals surface area contributed by atoms with Crippen LogP contribution < -0.4 is 4.90 Å². The average Bonchev–Trinajstić information content (AvgIpc) is 2.85. The molecule has 0 spiro atoms. The molecule has 0 saturated heterocycles. The Hall–Kier alpha value is -3.55. The summed E-state index contributed by atoms with van der Waals surface area (Å²) in [6, 6.07) is 7.98. The van der Waals surface area contributed by atoms with Gasteiger partial charge >= 0.3 is 5.97 Å². The number of nitro benzene ring substituents is 1. The first-order chi connectivity index (χ1) is 11.8. The van der Waals surface area contributed by atoms with Gasteiger partial charge in [0.25, 0.3) is 17.5 Å². The molecule has 0 bridgehead atoms. The van der Waals surface area contributed by atoms with Gasteiger partial charge in [-0.05, 0) is 36.8 Å². The Labute approximate surface area is 141 Å². The first kappa shape index (κ1) is 16.3. The molecule has 25 heavy (non-hydrogen) atoms. The lowest BCUT2D eigenvalue weighted by Crippen LogP contribution is -2.30. The van der Waals surface area contributed by atoms with E-state index in [0.717, 1.165) is 4.90 Å². The van der Waals surface area contributed by atoms with Gasteiger partial charge in [-0.2, -0.15) is 0 Å². The van der Waals surface area contributed by atoms with Crippen molar-refractivity contribution in [1.82, 2.24) is 0 Å². The van der Waals surface area contributed by atoms with E-state index in [1.54, 1.807) is 6.92 Å². The van der Waals surface area contributed by atoms with Gasteiger partial charge in [-0.25, -0.2) is 9.69 Å². The number of imide groups is 1. The Bertz CT molecular complexity index is 950. The Morgan fingerprint density at radius 1 is 1.08 bits per heavy atom. The molecule has 0 N–H and O–H groups in total. The van der Waals surface area contributed by atoms with Gasteiger partial charge in [0.2, 0.25) is 0 Å². The number of fused-ring (bicyclic) bond motifs is 1. The van der Waals surface area contributed by atoms with Gasteiger partial charge in [-0.3, -0.25) is 19.7 Å². The fraction of sp³-hybridized carbons (Fsp3) is 0.118. The Balaban J connectivity index is 2.06. The van der Waals surface area contributed by atoms with Crippen LogP contribution in [0.15, 0.2) is 36.4 Å². The molecule has 1 aliphatic rings. The lowest BCUT2D eigenvalue weighted by molar-refractivity contribution is -0.384. The third-order valence-corrected chi connectivity index (χ3v) is 3.94. The molecule has 0 saturated carbocycles. The van der Waals surface area contributed by atoms with Gasteiger partial charge < -0.3 is 4.74 Å². The van der Waals surface area contributed by atoms with Crippen molar-refractivity contribution in [3.05, 3.63) is 68.8 Å². The molecule has 0 aromatic heterocycles. The number of nitro groups is 1. The smallest absolute Gasteiger partial charge is 0.337 e. The lowest BCUT2D eigenvalue weighted by Gasteiger charge is -2.16. The van der Waals surface area contributed by atoms with Crippen LogP contribution in [0.2, 0.25) is 0 Å². The van der Waals surface area contributed by atoms with E-state index in [0.29, 0.717) is 5.56 Å². The van der Waals surface area contributed by atoms with E-state index in [9.17, 15) is 24.5 Å². The highest BCUT2D eigenvalue weighted by molar-refractivity contribution is 6.35. The van der Waals surface area contributed by atoms with Crippen LogP contribution in [0, 0.1) is 17.0 Å². The summed E-state index contributed by atoms with van der Waals surface area (Å²) in [7, 11) is 1.22. The molecule has 0 unspecified atom stereocenters. The van der Waals surface area contributed by atoms with Crippen LogP contribution in [-0.4, -0.2) is 29.8 Å². The van der Waals surface area contributed by atoms with Crippen molar-refractivity contribution in [2.45, 2.75) is 6.92 Å². The van der Waals surface area contributed by atoms with Gasteiger partial charge in [-0.15, -0.1) is 0 Å². The monoisotopic (exact) mass is 340 g/mol. The summed E-state index contributed by atoms with van der Waals surface area (Å²) < 4.78 is 4.61. The fourth-order valence-corrected chi connectivity index (χ4v) is 2.71. The van der Waals surface area contributed by atoms with Crippen LogP contribution in [0.3, 0.4) is 0 Å². The number of carbonyl (C=O) groups is 3. The number of amides is 2. The standard InChI is InChI=1S/C17H12N2O6/c1-9-7-11(19(23)24)4-6-14(9)18-15(20)12-5-3-10(17(22)25-2)8-13(12)16(18)21/h3-8H,1-2H3. The van der Waals surface area contributed by atoms with E-state index in [1.165, 1.54) is 43.5 Å². The van der Waals surface area contributed by atoms with E-state index in [-0.39, 0.29) is 28.1 Å². The summed E-state index contributed by atoms with van der Waals surface area (Å²) in [4.78, 5) is 48.1. The molecule has 3 rings (SSSR count). The number of nitrogens with zero attached hydrogens (tertiary/aromatic N) is 2. The predicted octanol–water partition coefficient (Wildman–Crippen LogP) is 2.49. The number of non-ortho nitro benzene ring substituents is 1. The molecule has 0 radical (unpaired) electrons. The van der Waals surface area contributed by atoms with Crippen LogP contribution in [-0.2, 0) is 4.74 Å². The van der Waals surface area contributed by atoms with Gasteiger partial charge in [0.15, 0.2) is 0 Å². The lowest BCUT2D eigenvalue weighted by atomic mass is 10.1. The number of carbonyl (C=O) groups excluding carboxylic acids is 3. The van der Waals surface area contributed by atoms with E-state index in [4.69, 9.17) is 0 Å². The van der Waals surface area contributed by atoms with Crippen molar-refractivity contribution in [3.63, 3.8) is 0 Å².